The predicted molar refractivity (Wildman–Crippen MR) is 76.1 cm³/mol. The molecule has 2 rings (SSSR count). The molecule has 2 unspecified atom stereocenters. The highest BCUT2D eigenvalue weighted by Crippen LogP contribution is 2.48. The summed E-state index contributed by atoms with van der Waals surface area (Å²) in [5.41, 5.74) is -0.158. The number of hydrogen-bond acceptors (Lipinski definition) is 2. The second-order valence-corrected chi connectivity index (χ2v) is 4.99. The molecule has 1 fully saturated rings. The molecule has 0 aliphatic heterocycles. The molecular weight excluding hydrogens is 248 g/mol. The van der Waals surface area contributed by atoms with Gasteiger partial charge >= 0.3 is 0 Å². The highest BCUT2D eigenvalue weighted by molar-refractivity contribution is 5.85. The molecule has 0 heterocycles. The first-order chi connectivity index (χ1) is 8.18. The van der Waals surface area contributed by atoms with Crippen molar-refractivity contribution < 1.29 is 9.84 Å². The van der Waals surface area contributed by atoms with Crippen molar-refractivity contribution in [1.29, 1.82) is 0 Å². The average Bonchev–Trinajstić information content (AvgIpc) is 2.40. The maximum Gasteiger partial charge on any atom is 0.121 e. The Balaban J connectivity index is 0.00000162. The van der Waals surface area contributed by atoms with Crippen LogP contribution in [0.15, 0.2) is 30.3 Å². The van der Waals surface area contributed by atoms with E-state index in [-0.39, 0.29) is 12.4 Å². The van der Waals surface area contributed by atoms with Crippen molar-refractivity contribution in [3.05, 3.63) is 35.9 Å². The first kappa shape index (κ1) is 15.5. The topological polar surface area (TPSA) is 29.5 Å². The lowest BCUT2D eigenvalue weighted by Crippen LogP contribution is -2.54. The Labute approximate surface area is 116 Å². The smallest absolute Gasteiger partial charge is 0.121 e. The Bertz CT molecular complexity index is 368. The Hall–Kier alpha value is -0.570. The molecule has 1 aromatic carbocycles. The van der Waals surface area contributed by atoms with E-state index in [4.69, 9.17) is 4.74 Å². The largest absolute Gasteiger partial charge is 0.387 e. The molecule has 2 nitrogen and oxygen atoms in total. The minimum atomic E-state index is -0.735. The molecule has 2 atom stereocenters. The van der Waals surface area contributed by atoms with Crippen LogP contribution in [0.2, 0.25) is 0 Å². The van der Waals surface area contributed by atoms with E-state index in [1.807, 2.05) is 25.1 Å². The fourth-order valence-corrected chi connectivity index (χ4v) is 3.22. The predicted octanol–water partition coefficient (Wildman–Crippen LogP) is 3.67. The summed E-state index contributed by atoms with van der Waals surface area (Å²) in [4.78, 5) is 0. The Kier molecular flexibility index (Phi) is 5.20. The molecule has 102 valence electrons. The van der Waals surface area contributed by atoms with Crippen molar-refractivity contribution in [2.75, 3.05) is 7.11 Å². The molecular formula is C15H23ClO2. The Morgan fingerprint density at radius 1 is 1.17 bits per heavy atom. The quantitative estimate of drug-likeness (QED) is 0.908. The van der Waals surface area contributed by atoms with Crippen LogP contribution in [-0.4, -0.2) is 17.8 Å². The highest BCUT2D eigenvalue weighted by atomic mass is 35.5. The summed E-state index contributed by atoms with van der Waals surface area (Å²) in [5, 5.41) is 10.9. The van der Waals surface area contributed by atoms with Crippen LogP contribution in [0, 0.1) is 0 Å². The van der Waals surface area contributed by atoms with Crippen molar-refractivity contribution in [2.45, 2.75) is 50.2 Å². The zero-order valence-corrected chi connectivity index (χ0v) is 12.0. The maximum absolute atomic E-state index is 10.9. The molecule has 1 aromatic rings. The third kappa shape index (κ3) is 2.29. The second-order valence-electron chi connectivity index (χ2n) is 4.99. The number of benzene rings is 1. The van der Waals surface area contributed by atoms with E-state index in [2.05, 4.69) is 12.1 Å². The van der Waals surface area contributed by atoms with E-state index in [0.29, 0.717) is 0 Å². The summed E-state index contributed by atoms with van der Waals surface area (Å²) >= 11 is 0. The van der Waals surface area contributed by atoms with E-state index in [9.17, 15) is 5.11 Å². The Morgan fingerprint density at radius 3 is 2.33 bits per heavy atom. The molecule has 0 aromatic heterocycles. The van der Waals surface area contributed by atoms with Crippen LogP contribution in [0.1, 0.15) is 44.6 Å². The third-order valence-corrected chi connectivity index (χ3v) is 4.29. The van der Waals surface area contributed by atoms with E-state index >= 15 is 0 Å². The van der Waals surface area contributed by atoms with E-state index in [0.717, 1.165) is 37.7 Å². The van der Waals surface area contributed by atoms with Crippen molar-refractivity contribution in [1.82, 2.24) is 0 Å². The number of ether oxygens (including phenoxy) is 1. The first-order valence-corrected chi connectivity index (χ1v) is 6.51. The number of methoxy groups -OCH3 is 1. The summed E-state index contributed by atoms with van der Waals surface area (Å²) in [6, 6.07) is 10.2. The number of hydrogen-bond donors (Lipinski definition) is 1. The monoisotopic (exact) mass is 270 g/mol. The number of halogens is 1. The minimum Gasteiger partial charge on any atom is -0.387 e. The third-order valence-electron chi connectivity index (χ3n) is 4.29. The molecule has 1 N–H and O–H groups in total. The molecule has 0 spiro atoms. The van der Waals surface area contributed by atoms with Crippen molar-refractivity contribution in [3.8, 4) is 0 Å². The zero-order valence-electron chi connectivity index (χ0n) is 11.2. The molecule has 1 aliphatic carbocycles. The molecule has 1 aliphatic rings. The van der Waals surface area contributed by atoms with Gasteiger partial charge in [-0.3, -0.25) is 0 Å². The van der Waals surface area contributed by atoms with Gasteiger partial charge in [0.05, 0.1) is 5.60 Å². The van der Waals surface area contributed by atoms with Gasteiger partial charge in [-0.05, 0) is 31.2 Å². The van der Waals surface area contributed by atoms with Crippen LogP contribution in [0.5, 0.6) is 0 Å². The average molecular weight is 271 g/mol. The number of rotatable bonds is 3. The molecule has 18 heavy (non-hydrogen) atoms. The summed E-state index contributed by atoms with van der Waals surface area (Å²) in [5.74, 6) is 0. The van der Waals surface area contributed by atoms with Crippen molar-refractivity contribution in [2.24, 2.45) is 0 Å². The van der Waals surface area contributed by atoms with Gasteiger partial charge in [0, 0.05) is 7.11 Å². The lowest BCUT2D eigenvalue weighted by atomic mass is 9.67. The first-order valence-electron chi connectivity index (χ1n) is 6.51. The second kappa shape index (κ2) is 6.05. The lowest BCUT2D eigenvalue weighted by molar-refractivity contribution is -0.200. The molecule has 0 radical (unpaired) electrons. The van der Waals surface area contributed by atoms with Crippen LogP contribution in [0.3, 0.4) is 0 Å². The summed E-state index contributed by atoms with van der Waals surface area (Å²) in [6.07, 6.45) is 4.66. The maximum atomic E-state index is 10.9. The minimum absolute atomic E-state index is 0. The van der Waals surface area contributed by atoms with Crippen LogP contribution < -0.4 is 0 Å². The van der Waals surface area contributed by atoms with Crippen molar-refractivity contribution >= 4 is 12.4 Å². The highest BCUT2D eigenvalue weighted by Gasteiger charge is 2.52. The normalized spacial score (nSPS) is 31.7. The lowest BCUT2D eigenvalue weighted by Gasteiger charge is -2.49. The van der Waals surface area contributed by atoms with Crippen LogP contribution in [0.4, 0.5) is 0 Å². The van der Waals surface area contributed by atoms with Gasteiger partial charge in [-0.1, -0.05) is 43.7 Å². The standard InChI is InChI=1S/C15H22O2.ClH/c1-3-14(16)11-7-8-12-15(14,17-2)13-9-5-4-6-10-13;/h4-6,9-10,16H,3,7-8,11-12H2,1-2H3;1H. The molecule has 1 saturated carbocycles. The summed E-state index contributed by atoms with van der Waals surface area (Å²) in [6.45, 7) is 2.04. The van der Waals surface area contributed by atoms with Crippen LogP contribution in [-0.2, 0) is 10.3 Å². The van der Waals surface area contributed by atoms with Crippen LogP contribution in [0.25, 0.3) is 0 Å². The van der Waals surface area contributed by atoms with E-state index in [1.54, 1.807) is 7.11 Å². The van der Waals surface area contributed by atoms with Gasteiger partial charge in [0.25, 0.3) is 0 Å². The van der Waals surface area contributed by atoms with Gasteiger partial charge in [0.2, 0.25) is 0 Å². The van der Waals surface area contributed by atoms with Gasteiger partial charge in [-0.25, -0.2) is 0 Å². The Morgan fingerprint density at radius 2 is 1.78 bits per heavy atom. The zero-order chi connectivity index (χ0) is 12.4. The number of aliphatic hydroxyl groups is 1. The van der Waals surface area contributed by atoms with Gasteiger partial charge in [0.1, 0.15) is 5.60 Å². The van der Waals surface area contributed by atoms with E-state index in [1.165, 1.54) is 0 Å². The molecule has 0 bridgehead atoms. The van der Waals surface area contributed by atoms with Gasteiger partial charge in [-0.15, -0.1) is 12.4 Å². The molecule has 3 heteroatoms. The fraction of sp³-hybridized carbons (Fsp3) is 0.600. The molecule has 0 saturated heterocycles. The molecule has 0 amide bonds. The van der Waals surface area contributed by atoms with Gasteiger partial charge < -0.3 is 9.84 Å². The fourth-order valence-electron chi connectivity index (χ4n) is 3.22. The van der Waals surface area contributed by atoms with Gasteiger partial charge in [0.15, 0.2) is 0 Å². The van der Waals surface area contributed by atoms with E-state index < -0.39 is 11.2 Å². The van der Waals surface area contributed by atoms with Crippen LogP contribution >= 0.6 is 12.4 Å². The SMILES string of the molecule is CCC1(O)CCCCC1(OC)c1ccccc1.Cl. The summed E-state index contributed by atoms with van der Waals surface area (Å²) < 4.78 is 5.82. The summed E-state index contributed by atoms with van der Waals surface area (Å²) in [7, 11) is 1.72. The van der Waals surface area contributed by atoms with Gasteiger partial charge in [-0.2, -0.15) is 0 Å². The van der Waals surface area contributed by atoms with Crippen molar-refractivity contribution in [3.63, 3.8) is 0 Å².